The molecule has 2 amide bonds. The fourth-order valence-electron chi connectivity index (χ4n) is 3.90. The van der Waals surface area contributed by atoms with E-state index in [-0.39, 0.29) is 22.5 Å². The van der Waals surface area contributed by atoms with E-state index in [2.05, 4.69) is 14.8 Å². The van der Waals surface area contributed by atoms with E-state index in [0.29, 0.717) is 42.8 Å². The van der Waals surface area contributed by atoms with Gasteiger partial charge in [0.1, 0.15) is 10.7 Å². The molecule has 1 aliphatic heterocycles. The molecule has 2 aliphatic rings. The number of fused-ring (bicyclic) bond motifs is 2. The molecule has 8 nitrogen and oxygen atoms in total. The number of rotatable bonds is 3. The molecule has 0 unspecified atom stereocenters. The summed E-state index contributed by atoms with van der Waals surface area (Å²) in [7, 11) is -3.55. The minimum Gasteiger partial charge on any atom is -0.477 e. The summed E-state index contributed by atoms with van der Waals surface area (Å²) < 4.78 is 38.2. The number of carbonyl (C=O) groups excluding carboxylic acids is 1. The molecule has 10 heteroatoms. The molecule has 1 aromatic heterocycles. The van der Waals surface area contributed by atoms with Gasteiger partial charge in [0.15, 0.2) is 9.92 Å². The lowest BCUT2D eigenvalue weighted by molar-refractivity contribution is 0.224. The van der Waals surface area contributed by atoms with Crippen molar-refractivity contribution < 1.29 is 18.1 Å². The third kappa shape index (κ3) is 3.62. The van der Waals surface area contributed by atoms with Crippen molar-refractivity contribution in [1.29, 1.82) is 0 Å². The average molecular weight is 421 g/mol. The van der Waals surface area contributed by atoms with Gasteiger partial charge in [-0.1, -0.05) is 13.8 Å². The van der Waals surface area contributed by atoms with E-state index in [1.54, 1.807) is 4.68 Å². The van der Waals surface area contributed by atoms with Crippen molar-refractivity contribution in [3.05, 3.63) is 34.8 Å². The second kappa shape index (κ2) is 7.42. The number of nitrogens with one attached hydrogen (secondary N) is 1. The van der Waals surface area contributed by atoms with Gasteiger partial charge < -0.3 is 10.1 Å². The monoisotopic (exact) mass is 421 g/mol. The van der Waals surface area contributed by atoms with Crippen LogP contribution in [0.2, 0.25) is 0 Å². The molecule has 0 saturated carbocycles. The predicted molar refractivity (Wildman–Crippen MR) is 107 cm³/mol. The molecule has 1 aliphatic carbocycles. The number of nitrogens with zero attached hydrogens (tertiary/aromatic N) is 3. The van der Waals surface area contributed by atoms with Crippen LogP contribution in [-0.2, 0) is 29.3 Å². The van der Waals surface area contributed by atoms with Crippen molar-refractivity contribution in [3.63, 3.8) is 0 Å². The maximum absolute atomic E-state index is 14.4. The minimum absolute atomic E-state index is 0.0102. The fraction of sp³-hybridized carbons (Fsp3) is 0.474. The van der Waals surface area contributed by atoms with Crippen LogP contribution in [0.4, 0.5) is 14.9 Å². The second-order valence-corrected chi connectivity index (χ2v) is 9.38. The molecule has 0 bridgehead atoms. The second-order valence-electron chi connectivity index (χ2n) is 7.62. The van der Waals surface area contributed by atoms with Crippen molar-refractivity contribution in [1.82, 2.24) is 9.78 Å². The molecular formula is C19H24FN5O3S. The molecule has 0 saturated heterocycles. The Hall–Kier alpha value is -2.46. The average Bonchev–Trinajstić information content (AvgIpc) is 3.30. The van der Waals surface area contributed by atoms with Crippen LogP contribution >= 0.6 is 0 Å². The van der Waals surface area contributed by atoms with E-state index in [0.717, 1.165) is 18.4 Å². The lowest BCUT2D eigenvalue weighted by atomic mass is 9.95. The van der Waals surface area contributed by atoms with Crippen molar-refractivity contribution in [2.24, 2.45) is 9.50 Å². The van der Waals surface area contributed by atoms with Gasteiger partial charge in [0.25, 0.3) is 0 Å². The maximum Gasteiger partial charge on any atom is 0.354 e. The van der Waals surface area contributed by atoms with E-state index < -0.39 is 15.9 Å². The Morgan fingerprint density at radius 1 is 1.38 bits per heavy atom. The van der Waals surface area contributed by atoms with E-state index in [1.807, 2.05) is 13.8 Å². The zero-order chi connectivity index (χ0) is 20.8. The van der Waals surface area contributed by atoms with Crippen LogP contribution < -0.4 is 15.2 Å². The van der Waals surface area contributed by atoms with E-state index in [9.17, 15) is 13.4 Å². The van der Waals surface area contributed by atoms with Gasteiger partial charge in [-0.2, -0.15) is 5.10 Å². The number of hydrogen-bond donors (Lipinski definition) is 2. The highest BCUT2D eigenvalue weighted by molar-refractivity contribution is 7.91. The SMILES string of the molecule is CC(C)c1cc(F)c2c(c1NC(=O)N=[S@@](N)(=O)c1cnn3c1OCCC3)CCC2. The van der Waals surface area contributed by atoms with Crippen LogP contribution in [-0.4, -0.2) is 26.6 Å². The maximum atomic E-state index is 14.4. The molecule has 1 aromatic carbocycles. The Labute approximate surface area is 168 Å². The van der Waals surface area contributed by atoms with E-state index in [1.165, 1.54) is 12.3 Å². The largest absolute Gasteiger partial charge is 0.477 e. The van der Waals surface area contributed by atoms with Crippen molar-refractivity contribution in [3.8, 4) is 5.88 Å². The molecule has 1 atom stereocenters. The summed E-state index contributed by atoms with van der Waals surface area (Å²) in [6.07, 6.45) is 4.24. The predicted octanol–water partition coefficient (Wildman–Crippen LogP) is 3.35. The van der Waals surface area contributed by atoms with Gasteiger partial charge in [-0.05, 0) is 47.9 Å². The number of hydrogen-bond acceptors (Lipinski definition) is 4. The molecule has 0 fully saturated rings. The minimum atomic E-state index is -3.55. The van der Waals surface area contributed by atoms with Crippen LogP contribution in [0.25, 0.3) is 0 Å². The number of ether oxygens (including phenoxy) is 1. The number of halogens is 1. The summed E-state index contributed by atoms with van der Waals surface area (Å²) in [5, 5.41) is 12.7. The molecule has 0 spiro atoms. The smallest absolute Gasteiger partial charge is 0.354 e. The lowest BCUT2D eigenvalue weighted by Crippen LogP contribution is -2.21. The van der Waals surface area contributed by atoms with E-state index in [4.69, 9.17) is 9.88 Å². The van der Waals surface area contributed by atoms with Gasteiger partial charge in [-0.15, -0.1) is 4.36 Å². The third-order valence-corrected chi connectivity index (χ3v) is 6.63. The first-order valence-corrected chi connectivity index (χ1v) is 11.2. The van der Waals surface area contributed by atoms with Gasteiger partial charge in [0.2, 0.25) is 5.88 Å². The van der Waals surface area contributed by atoms with Gasteiger partial charge in [0.05, 0.1) is 12.8 Å². The van der Waals surface area contributed by atoms with Gasteiger partial charge in [-0.3, -0.25) is 0 Å². The molecule has 0 radical (unpaired) electrons. The summed E-state index contributed by atoms with van der Waals surface area (Å²) in [6, 6.07) is 0.627. The molecule has 4 rings (SSSR count). The van der Waals surface area contributed by atoms with Crippen molar-refractivity contribution in [2.45, 2.75) is 56.9 Å². The number of benzene rings is 1. The summed E-state index contributed by atoms with van der Waals surface area (Å²) >= 11 is 0. The van der Waals surface area contributed by atoms with Gasteiger partial charge >= 0.3 is 6.03 Å². The number of aromatic nitrogens is 2. The standard InChI is InChI=1S/C19H24FN5O3S/c1-11(2)14-9-15(20)12-5-3-6-13(12)17(14)23-19(26)24-29(21,27)16-10-22-25-7-4-8-28-18(16)25/h9-11H,3-8H2,1-2H3,(H3,21,23,24,26,27)/t29-/m1/s1. The zero-order valence-electron chi connectivity index (χ0n) is 16.4. The van der Waals surface area contributed by atoms with Crippen molar-refractivity contribution in [2.75, 3.05) is 11.9 Å². The molecular weight excluding hydrogens is 397 g/mol. The Balaban J connectivity index is 1.69. The third-order valence-electron chi connectivity index (χ3n) is 5.28. The lowest BCUT2D eigenvalue weighted by Gasteiger charge is -2.18. The van der Waals surface area contributed by atoms with Crippen LogP contribution in [0.3, 0.4) is 0 Å². The summed E-state index contributed by atoms with van der Waals surface area (Å²) in [6.45, 7) is 4.92. The molecule has 29 heavy (non-hydrogen) atoms. The first-order valence-electron chi connectivity index (χ1n) is 9.66. The number of urea groups is 1. The summed E-state index contributed by atoms with van der Waals surface area (Å²) in [5.41, 5.74) is 2.64. The molecule has 2 aromatic rings. The van der Waals surface area contributed by atoms with Crippen LogP contribution in [0.15, 0.2) is 21.5 Å². The van der Waals surface area contributed by atoms with Crippen LogP contribution in [0, 0.1) is 5.82 Å². The van der Waals surface area contributed by atoms with Crippen molar-refractivity contribution >= 4 is 21.6 Å². The number of nitrogens with two attached hydrogens (primary N) is 1. The fourth-order valence-corrected chi connectivity index (χ4v) is 4.91. The topological polar surface area (TPSA) is 112 Å². The van der Waals surface area contributed by atoms with Gasteiger partial charge in [-0.25, -0.2) is 23.2 Å². The number of carbonyl (C=O) groups is 1. The Bertz CT molecular complexity index is 1100. The highest BCUT2D eigenvalue weighted by Gasteiger charge is 2.26. The number of anilines is 1. The highest BCUT2D eigenvalue weighted by atomic mass is 32.2. The Morgan fingerprint density at radius 3 is 2.90 bits per heavy atom. The Kier molecular flexibility index (Phi) is 5.07. The number of aryl methyl sites for hydroxylation is 1. The normalized spacial score (nSPS) is 17.3. The first kappa shape index (κ1) is 19.8. The summed E-state index contributed by atoms with van der Waals surface area (Å²) in [5.74, 6) is 0.0253. The molecule has 3 N–H and O–H groups in total. The quantitative estimate of drug-likeness (QED) is 0.791. The number of amides is 2. The van der Waals surface area contributed by atoms with Gasteiger partial charge in [0, 0.05) is 18.7 Å². The van der Waals surface area contributed by atoms with Crippen LogP contribution in [0.1, 0.15) is 49.3 Å². The zero-order valence-corrected chi connectivity index (χ0v) is 17.2. The molecule has 156 valence electrons. The summed E-state index contributed by atoms with van der Waals surface area (Å²) in [4.78, 5) is 12.8. The molecule has 2 heterocycles. The highest BCUT2D eigenvalue weighted by Crippen LogP contribution is 2.37. The Morgan fingerprint density at radius 2 is 2.14 bits per heavy atom. The van der Waals surface area contributed by atoms with E-state index >= 15 is 0 Å². The first-order chi connectivity index (χ1) is 13.8. The van der Waals surface area contributed by atoms with Crippen LogP contribution in [0.5, 0.6) is 5.88 Å².